The van der Waals surface area contributed by atoms with E-state index in [1.807, 2.05) is 24.3 Å². The lowest BCUT2D eigenvalue weighted by Gasteiger charge is -2.13. The molecule has 1 heterocycles. The normalized spacial score (nSPS) is 14.8. The molecule has 5 heteroatoms. The predicted molar refractivity (Wildman–Crippen MR) is 72.9 cm³/mol. The molecule has 0 aliphatic carbocycles. The molecule has 0 saturated carbocycles. The SMILES string of the molecule is CCOC(=O)/C=C/c1ccc(N2CCNC2=O)cc1. The molecule has 0 spiro atoms. The maximum Gasteiger partial charge on any atom is 0.330 e. The summed E-state index contributed by atoms with van der Waals surface area (Å²) in [4.78, 5) is 24.3. The van der Waals surface area contributed by atoms with Gasteiger partial charge in [0.25, 0.3) is 0 Å². The number of nitrogens with one attached hydrogen (secondary N) is 1. The number of carbonyl (C=O) groups is 2. The summed E-state index contributed by atoms with van der Waals surface area (Å²) >= 11 is 0. The van der Waals surface area contributed by atoms with E-state index in [2.05, 4.69) is 5.32 Å². The van der Waals surface area contributed by atoms with Gasteiger partial charge in [-0.1, -0.05) is 12.1 Å². The summed E-state index contributed by atoms with van der Waals surface area (Å²) in [7, 11) is 0. The van der Waals surface area contributed by atoms with Crippen LogP contribution >= 0.6 is 0 Å². The second-order valence-electron chi connectivity index (χ2n) is 4.06. The molecule has 19 heavy (non-hydrogen) atoms. The summed E-state index contributed by atoms with van der Waals surface area (Å²) in [6, 6.07) is 7.36. The maximum absolute atomic E-state index is 11.5. The number of urea groups is 1. The van der Waals surface area contributed by atoms with Crippen LogP contribution in [0.15, 0.2) is 30.3 Å². The van der Waals surface area contributed by atoms with Gasteiger partial charge in [-0.05, 0) is 30.7 Å². The lowest BCUT2D eigenvalue weighted by Crippen LogP contribution is -2.27. The van der Waals surface area contributed by atoms with Crippen molar-refractivity contribution in [2.45, 2.75) is 6.92 Å². The number of anilines is 1. The van der Waals surface area contributed by atoms with E-state index in [1.54, 1.807) is 17.9 Å². The summed E-state index contributed by atoms with van der Waals surface area (Å²) in [5, 5.41) is 2.75. The average molecular weight is 260 g/mol. The Balaban J connectivity index is 2.02. The second kappa shape index (κ2) is 6.04. The zero-order chi connectivity index (χ0) is 13.7. The third-order valence-electron chi connectivity index (χ3n) is 2.76. The fourth-order valence-electron chi connectivity index (χ4n) is 1.84. The number of esters is 1. The highest BCUT2D eigenvalue weighted by molar-refractivity contribution is 5.94. The zero-order valence-corrected chi connectivity index (χ0v) is 10.8. The Hall–Kier alpha value is -2.30. The van der Waals surface area contributed by atoms with Crippen molar-refractivity contribution in [2.75, 3.05) is 24.6 Å². The molecule has 1 N–H and O–H groups in total. The monoisotopic (exact) mass is 260 g/mol. The van der Waals surface area contributed by atoms with Crippen molar-refractivity contribution < 1.29 is 14.3 Å². The zero-order valence-electron chi connectivity index (χ0n) is 10.8. The van der Waals surface area contributed by atoms with Crippen LogP contribution in [0.3, 0.4) is 0 Å². The molecule has 1 aliphatic heterocycles. The van der Waals surface area contributed by atoms with Crippen molar-refractivity contribution in [3.63, 3.8) is 0 Å². The van der Waals surface area contributed by atoms with Gasteiger partial charge in [-0.25, -0.2) is 9.59 Å². The molecule has 2 rings (SSSR count). The topological polar surface area (TPSA) is 58.6 Å². The van der Waals surface area contributed by atoms with E-state index in [0.717, 1.165) is 11.3 Å². The summed E-state index contributed by atoms with van der Waals surface area (Å²) in [6.07, 6.45) is 3.08. The van der Waals surface area contributed by atoms with Crippen LogP contribution in [0, 0.1) is 0 Å². The van der Waals surface area contributed by atoms with E-state index in [9.17, 15) is 9.59 Å². The second-order valence-corrected chi connectivity index (χ2v) is 4.06. The summed E-state index contributed by atoms with van der Waals surface area (Å²) in [5.41, 5.74) is 1.74. The third-order valence-corrected chi connectivity index (χ3v) is 2.76. The summed E-state index contributed by atoms with van der Waals surface area (Å²) < 4.78 is 4.80. The first-order chi connectivity index (χ1) is 9.20. The molecule has 0 unspecified atom stereocenters. The Labute approximate surface area is 111 Å². The van der Waals surface area contributed by atoms with Gasteiger partial charge in [-0.2, -0.15) is 0 Å². The first kappa shape index (κ1) is 13.1. The number of rotatable bonds is 4. The van der Waals surface area contributed by atoms with E-state index >= 15 is 0 Å². The molecule has 1 saturated heterocycles. The van der Waals surface area contributed by atoms with Crippen LogP contribution in [-0.4, -0.2) is 31.7 Å². The largest absolute Gasteiger partial charge is 0.463 e. The van der Waals surface area contributed by atoms with Gasteiger partial charge in [0, 0.05) is 24.9 Å². The molecular weight excluding hydrogens is 244 g/mol. The number of ether oxygens (including phenoxy) is 1. The Morgan fingerprint density at radius 1 is 1.42 bits per heavy atom. The molecular formula is C14H16N2O3. The fourth-order valence-corrected chi connectivity index (χ4v) is 1.84. The number of carbonyl (C=O) groups excluding carboxylic acids is 2. The Morgan fingerprint density at radius 3 is 2.74 bits per heavy atom. The first-order valence-corrected chi connectivity index (χ1v) is 6.21. The molecule has 1 aliphatic rings. The van der Waals surface area contributed by atoms with Crippen molar-refractivity contribution >= 4 is 23.8 Å². The molecule has 1 aromatic rings. The molecule has 1 aromatic carbocycles. The fraction of sp³-hybridized carbons (Fsp3) is 0.286. The van der Waals surface area contributed by atoms with Crippen LogP contribution in [0.4, 0.5) is 10.5 Å². The maximum atomic E-state index is 11.5. The number of amides is 2. The van der Waals surface area contributed by atoms with Crippen LogP contribution in [0.1, 0.15) is 12.5 Å². The Kier molecular flexibility index (Phi) is 4.18. The van der Waals surface area contributed by atoms with Crippen LogP contribution in [0.25, 0.3) is 6.08 Å². The van der Waals surface area contributed by atoms with Gasteiger partial charge in [0.2, 0.25) is 0 Å². The van der Waals surface area contributed by atoms with Crippen molar-refractivity contribution in [2.24, 2.45) is 0 Å². The lowest BCUT2D eigenvalue weighted by molar-refractivity contribution is -0.137. The van der Waals surface area contributed by atoms with Crippen LogP contribution < -0.4 is 10.2 Å². The van der Waals surface area contributed by atoms with Crippen molar-refractivity contribution in [3.05, 3.63) is 35.9 Å². The molecule has 2 amide bonds. The highest BCUT2D eigenvalue weighted by Gasteiger charge is 2.20. The van der Waals surface area contributed by atoms with Crippen LogP contribution in [0.2, 0.25) is 0 Å². The molecule has 0 aromatic heterocycles. The first-order valence-electron chi connectivity index (χ1n) is 6.21. The van der Waals surface area contributed by atoms with Gasteiger partial charge in [0.15, 0.2) is 0 Å². The van der Waals surface area contributed by atoms with Gasteiger partial charge >= 0.3 is 12.0 Å². The van der Waals surface area contributed by atoms with Crippen molar-refractivity contribution in [1.29, 1.82) is 0 Å². The number of nitrogens with zero attached hydrogens (tertiary/aromatic N) is 1. The number of hydrogen-bond acceptors (Lipinski definition) is 3. The van der Waals surface area contributed by atoms with E-state index < -0.39 is 0 Å². The average Bonchev–Trinajstić information content (AvgIpc) is 2.84. The van der Waals surface area contributed by atoms with Gasteiger partial charge in [-0.15, -0.1) is 0 Å². The summed E-state index contributed by atoms with van der Waals surface area (Å²) in [6.45, 7) is 3.48. The summed E-state index contributed by atoms with van der Waals surface area (Å²) in [5.74, 6) is -0.356. The van der Waals surface area contributed by atoms with E-state index in [-0.39, 0.29) is 12.0 Å². The third kappa shape index (κ3) is 3.34. The Bertz CT molecular complexity index is 494. The van der Waals surface area contributed by atoms with Gasteiger partial charge in [0.1, 0.15) is 0 Å². The molecule has 0 atom stereocenters. The predicted octanol–water partition coefficient (Wildman–Crippen LogP) is 1.79. The minimum Gasteiger partial charge on any atom is -0.463 e. The van der Waals surface area contributed by atoms with E-state index in [0.29, 0.717) is 19.7 Å². The van der Waals surface area contributed by atoms with Crippen LogP contribution in [0.5, 0.6) is 0 Å². The van der Waals surface area contributed by atoms with E-state index in [4.69, 9.17) is 4.74 Å². The standard InChI is InChI=1S/C14H16N2O3/c1-2-19-13(17)8-5-11-3-6-12(7-4-11)16-10-9-15-14(16)18/h3-8H,2,9-10H2,1H3,(H,15,18)/b8-5+. The number of benzene rings is 1. The minimum atomic E-state index is -0.356. The highest BCUT2D eigenvalue weighted by atomic mass is 16.5. The Morgan fingerprint density at radius 2 is 2.16 bits per heavy atom. The molecule has 100 valence electrons. The smallest absolute Gasteiger partial charge is 0.330 e. The quantitative estimate of drug-likeness (QED) is 0.663. The minimum absolute atomic E-state index is 0.0742. The van der Waals surface area contributed by atoms with Crippen molar-refractivity contribution in [1.82, 2.24) is 5.32 Å². The molecule has 0 bridgehead atoms. The van der Waals surface area contributed by atoms with Gasteiger partial charge in [-0.3, -0.25) is 4.90 Å². The van der Waals surface area contributed by atoms with Gasteiger partial charge in [0.05, 0.1) is 6.61 Å². The molecule has 1 fully saturated rings. The molecule has 0 radical (unpaired) electrons. The van der Waals surface area contributed by atoms with E-state index in [1.165, 1.54) is 6.08 Å². The van der Waals surface area contributed by atoms with Gasteiger partial charge < -0.3 is 10.1 Å². The van der Waals surface area contributed by atoms with Crippen LogP contribution in [-0.2, 0) is 9.53 Å². The highest BCUT2D eigenvalue weighted by Crippen LogP contribution is 2.17. The number of hydrogen-bond donors (Lipinski definition) is 1. The van der Waals surface area contributed by atoms with Crippen molar-refractivity contribution in [3.8, 4) is 0 Å². The molecule has 5 nitrogen and oxygen atoms in total. The lowest BCUT2D eigenvalue weighted by atomic mass is 10.2.